The van der Waals surface area contributed by atoms with E-state index in [0.717, 1.165) is 11.4 Å². The fourth-order valence-corrected chi connectivity index (χ4v) is 1.27. The lowest BCUT2D eigenvalue weighted by Crippen LogP contribution is -2.36. The predicted octanol–water partition coefficient (Wildman–Crippen LogP) is 0.0508. The molecule has 0 bridgehead atoms. The second kappa shape index (κ2) is 3.57. The first-order valence-corrected chi connectivity index (χ1v) is 4.09. The minimum atomic E-state index is -0.362. The molecule has 3 N–H and O–H groups in total. The average Bonchev–Trinajstić information content (AvgIpc) is 2.42. The van der Waals surface area contributed by atoms with Gasteiger partial charge in [-0.3, -0.25) is 14.9 Å². The van der Waals surface area contributed by atoms with E-state index in [2.05, 4.69) is 10.5 Å². The van der Waals surface area contributed by atoms with E-state index in [9.17, 15) is 4.79 Å². The quantitative estimate of drug-likeness (QED) is 0.385. The molecule has 72 valence electrons. The summed E-state index contributed by atoms with van der Waals surface area (Å²) in [7, 11) is 0. The summed E-state index contributed by atoms with van der Waals surface area (Å²) in [5.74, 6) is 4.78. The largest absolute Gasteiger partial charge is 0.292 e. The summed E-state index contributed by atoms with van der Waals surface area (Å²) < 4.78 is 1.65. The summed E-state index contributed by atoms with van der Waals surface area (Å²) in [6, 6.07) is 1.55. The van der Waals surface area contributed by atoms with Gasteiger partial charge in [0.05, 0.1) is 5.69 Å². The molecule has 0 spiro atoms. The number of amides is 1. The Morgan fingerprint density at radius 2 is 2.31 bits per heavy atom. The topological polar surface area (TPSA) is 72.9 Å². The molecule has 0 aliphatic rings. The highest BCUT2D eigenvalue weighted by Crippen LogP contribution is 2.09. The molecule has 0 fully saturated rings. The third kappa shape index (κ3) is 1.86. The van der Waals surface area contributed by atoms with E-state index in [1.807, 2.05) is 19.9 Å². The number of hydrazine groups is 1. The van der Waals surface area contributed by atoms with E-state index in [-0.39, 0.29) is 11.9 Å². The van der Waals surface area contributed by atoms with Crippen molar-refractivity contribution in [2.45, 2.75) is 26.8 Å². The van der Waals surface area contributed by atoms with E-state index >= 15 is 0 Å². The van der Waals surface area contributed by atoms with Crippen molar-refractivity contribution < 1.29 is 4.79 Å². The average molecular weight is 182 g/mol. The molecule has 0 aliphatic heterocycles. The Hall–Kier alpha value is -1.36. The van der Waals surface area contributed by atoms with Crippen LogP contribution < -0.4 is 11.3 Å². The number of aromatic nitrogens is 2. The van der Waals surface area contributed by atoms with Gasteiger partial charge in [0.15, 0.2) is 0 Å². The highest BCUT2D eigenvalue weighted by molar-refractivity contribution is 5.79. The van der Waals surface area contributed by atoms with Gasteiger partial charge in [0.1, 0.15) is 6.04 Å². The van der Waals surface area contributed by atoms with Crippen LogP contribution >= 0.6 is 0 Å². The number of aryl methyl sites for hydroxylation is 2. The van der Waals surface area contributed by atoms with Crippen LogP contribution in [0.4, 0.5) is 0 Å². The molecular weight excluding hydrogens is 168 g/mol. The molecule has 1 aromatic heterocycles. The van der Waals surface area contributed by atoms with E-state index in [1.165, 1.54) is 0 Å². The van der Waals surface area contributed by atoms with Gasteiger partial charge in [-0.05, 0) is 26.8 Å². The number of nitrogens with zero attached hydrogens (tertiary/aromatic N) is 2. The predicted molar refractivity (Wildman–Crippen MR) is 48.7 cm³/mol. The second-order valence-electron chi connectivity index (χ2n) is 3.06. The SMILES string of the molecule is Cc1cc(C)n([C@H](C)C(=O)NN)n1. The maximum atomic E-state index is 11.2. The van der Waals surface area contributed by atoms with Gasteiger partial charge < -0.3 is 0 Å². The highest BCUT2D eigenvalue weighted by Gasteiger charge is 2.15. The van der Waals surface area contributed by atoms with Crippen molar-refractivity contribution in [2.24, 2.45) is 5.84 Å². The summed E-state index contributed by atoms with van der Waals surface area (Å²) in [5.41, 5.74) is 3.95. The van der Waals surface area contributed by atoms with Gasteiger partial charge in [0, 0.05) is 5.69 Å². The number of nitrogens with one attached hydrogen (secondary N) is 1. The molecule has 0 aromatic carbocycles. The number of carbonyl (C=O) groups excluding carboxylic acids is 1. The number of hydrogen-bond acceptors (Lipinski definition) is 3. The molecule has 0 aliphatic carbocycles. The number of carbonyl (C=O) groups is 1. The molecule has 1 aromatic rings. The second-order valence-corrected chi connectivity index (χ2v) is 3.06. The Kier molecular flexibility index (Phi) is 2.67. The molecule has 1 atom stereocenters. The van der Waals surface area contributed by atoms with Gasteiger partial charge in [-0.1, -0.05) is 0 Å². The lowest BCUT2D eigenvalue weighted by atomic mass is 10.3. The zero-order valence-electron chi connectivity index (χ0n) is 8.03. The molecular formula is C8H14N4O. The highest BCUT2D eigenvalue weighted by atomic mass is 16.2. The Bertz CT molecular complexity index is 318. The summed E-state index contributed by atoms with van der Waals surface area (Å²) in [4.78, 5) is 11.2. The standard InChI is InChI=1S/C8H14N4O/c1-5-4-6(2)12(11-5)7(3)8(13)10-9/h4,7H,9H2,1-3H3,(H,10,13)/t7-/m1/s1. The summed E-state index contributed by atoms with van der Waals surface area (Å²) in [5, 5.41) is 4.18. The van der Waals surface area contributed by atoms with Gasteiger partial charge in [0.25, 0.3) is 5.91 Å². The lowest BCUT2D eigenvalue weighted by molar-refractivity contribution is -0.124. The maximum absolute atomic E-state index is 11.2. The molecule has 0 saturated heterocycles. The first kappa shape index (κ1) is 9.73. The molecule has 1 heterocycles. The van der Waals surface area contributed by atoms with Crippen molar-refractivity contribution in [3.8, 4) is 0 Å². The third-order valence-electron chi connectivity index (χ3n) is 1.93. The molecule has 0 radical (unpaired) electrons. The van der Waals surface area contributed by atoms with Crippen LogP contribution in [0.15, 0.2) is 6.07 Å². The number of hydrogen-bond donors (Lipinski definition) is 2. The van der Waals surface area contributed by atoms with Crippen molar-refractivity contribution in [3.63, 3.8) is 0 Å². The van der Waals surface area contributed by atoms with Crippen molar-refractivity contribution in [1.82, 2.24) is 15.2 Å². The van der Waals surface area contributed by atoms with Crippen molar-refractivity contribution in [1.29, 1.82) is 0 Å². The maximum Gasteiger partial charge on any atom is 0.258 e. The zero-order chi connectivity index (χ0) is 10.0. The van der Waals surface area contributed by atoms with Crippen LogP contribution in [-0.2, 0) is 4.79 Å². The van der Waals surface area contributed by atoms with E-state index in [4.69, 9.17) is 5.84 Å². The summed E-state index contributed by atoms with van der Waals surface area (Å²) >= 11 is 0. The van der Waals surface area contributed by atoms with E-state index in [1.54, 1.807) is 11.6 Å². The third-order valence-corrected chi connectivity index (χ3v) is 1.93. The van der Waals surface area contributed by atoms with E-state index in [0.29, 0.717) is 0 Å². The Labute approximate surface area is 76.9 Å². The van der Waals surface area contributed by atoms with Gasteiger partial charge in [-0.25, -0.2) is 5.84 Å². The first-order chi connectivity index (χ1) is 6.06. The lowest BCUT2D eigenvalue weighted by Gasteiger charge is -2.11. The Morgan fingerprint density at radius 3 is 2.69 bits per heavy atom. The van der Waals surface area contributed by atoms with Crippen molar-refractivity contribution >= 4 is 5.91 Å². The van der Waals surface area contributed by atoms with Gasteiger partial charge in [-0.15, -0.1) is 0 Å². The van der Waals surface area contributed by atoms with Crippen LogP contribution in [-0.4, -0.2) is 15.7 Å². The molecule has 5 nitrogen and oxygen atoms in total. The van der Waals surface area contributed by atoms with Crippen LogP contribution in [0.5, 0.6) is 0 Å². The van der Waals surface area contributed by atoms with Crippen molar-refractivity contribution in [3.05, 3.63) is 17.5 Å². The summed E-state index contributed by atoms with van der Waals surface area (Å²) in [6.07, 6.45) is 0. The van der Waals surface area contributed by atoms with Crippen LogP contribution in [0, 0.1) is 13.8 Å². The zero-order valence-corrected chi connectivity index (χ0v) is 8.03. The monoisotopic (exact) mass is 182 g/mol. The van der Waals surface area contributed by atoms with Crippen LogP contribution in [0.25, 0.3) is 0 Å². The Morgan fingerprint density at radius 1 is 1.69 bits per heavy atom. The molecule has 0 unspecified atom stereocenters. The molecule has 1 rings (SSSR count). The van der Waals surface area contributed by atoms with E-state index < -0.39 is 0 Å². The Balaban J connectivity index is 2.94. The molecule has 5 heteroatoms. The van der Waals surface area contributed by atoms with Crippen LogP contribution in [0.1, 0.15) is 24.4 Å². The first-order valence-electron chi connectivity index (χ1n) is 4.09. The fraction of sp³-hybridized carbons (Fsp3) is 0.500. The van der Waals surface area contributed by atoms with Gasteiger partial charge in [0.2, 0.25) is 0 Å². The number of rotatable bonds is 2. The van der Waals surface area contributed by atoms with Crippen molar-refractivity contribution in [2.75, 3.05) is 0 Å². The minimum Gasteiger partial charge on any atom is -0.292 e. The minimum absolute atomic E-state index is 0.244. The molecule has 0 saturated carbocycles. The fourth-order valence-electron chi connectivity index (χ4n) is 1.27. The van der Waals surface area contributed by atoms with Gasteiger partial charge in [-0.2, -0.15) is 5.10 Å². The number of nitrogens with two attached hydrogens (primary N) is 1. The summed E-state index contributed by atoms with van der Waals surface area (Å²) in [6.45, 7) is 5.54. The smallest absolute Gasteiger partial charge is 0.258 e. The van der Waals surface area contributed by atoms with Gasteiger partial charge >= 0.3 is 0 Å². The molecule has 1 amide bonds. The van der Waals surface area contributed by atoms with Crippen LogP contribution in [0.3, 0.4) is 0 Å². The molecule has 13 heavy (non-hydrogen) atoms. The normalized spacial score (nSPS) is 12.6. The van der Waals surface area contributed by atoms with Crippen LogP contribution in [0.2, 0.25) is 0 Å².